The highest BCUT2D eigenvalue weighted by atomic mass is 16.5. The summed E-state index contributed by atoms with van der Waals surface area (Å²) in [7, 11) is 6.96. The number of methoxy groups -OCH3 is 4. The van der Waals surface area contributed by atoms with E-state index in [-0.39, 0.29) is 5.92 Å². The predicted octanol–water partition coefficient (Wildman–Crippen LogP) is 15.9. The molecule has 2 heterocycles. The molecule has 1 aromatic heterocycles. The molecule has 0 saturated heterocycles. The number of aryl methyl sites for hydroxylation is 1. The molecule has 0 unspecified atom stereocenters. The summed E-state index contributed by atoms with van der Waals surface area (Å²) in [6, 6.07) is 57.9. The van der Waals surface area contributed by atoms with Crippen molar-refractivity contribution in [3.63, 3.8) is 0 Å². The molecule has 0 radical (unpaired) electrons. The van der Waals surface area contributed by atoms with Gasteiger partial charge in [0.25, 0.3) is 0 Å². The minimum absolute atomic E-state index is 0.266. The van der Waals surface area contributed by atoms with E-state index >= 15 is 0 Å². The molecule has 68 heavy (non-hydrogen) atoms. The number of nitrogens with zero attached hydrogens (tertiary/aromatic N) is 2. The molecule has 11 aromatic rings. The standard InChI is InChI=1S/C62H52N2O4/c1-36(2)51-31-44(64-57-26-15-40-12-21-47(67-6)34-54(40)61(57)62-55-35-48(68-7)22-13-41(55)16-27-58(62)64)18-24-50(51)49-23-17-43(30-37(49)3)63-29-28-42-9-8-38-10-19-45(65-4)32-52(38)59(42)60-53-33-46(66-5)20-11-39(53)14-25-56(60)63/h8-27,30-36H,28-29H2,1-7H3. The fraction of sp³-hybridized carbons (Fsp3) is 0.161. The fourth-order valence-corrected chi connectivity index (χ4v) is 11.2. The second kappa shape index (κ2) is 16.1. The first-order chi connectivity index (χ1) is 33.2. The normalized spacial score (nSPS) is 12.6. The first kappa shape index (κ1) is 41.5. The molecule has 6 heteroatoms. The number of aromatic nitrogens is 1. The van der Waals surface area contributed by atoms with Gasteiger partial charge in [-0.25, -0.2) is 0 Å². The summed E-state index contributed by atoms with van der Waals surface area (Å²) in [6.07, 6.45) is 0.887. The Morgan fingerprint density at radius 3 is 1.46 bits per heavy atom. The Morgan fingerprint density at radius 2 is 0.912 bits per heavy atom. The van der Waals surface area contributed by atoms with Crippen LogP contribution in [0.2, 0.25) is 0 Å². The second-order valence-electron chi connectivity index (χ2n) is 18.5. The van der Waals surface area contributed by atoms with Crippen LogP contribution in [0, 0.1) is 6.92 Å². The first-order valence-electron chi connectivity index (χ1n) is 23.5. The first-order valence-corrected chi connectivity index (χ1v) is 23.5. The Morgan fingerprint density at radius 1 is 0.441 bits per heavy atom. The highest BCUT2D eigenvalue weighted by Crippen LogP contribution is 2.49. The van der Waals surface area contributed by atoms with E-state index in [1.54, 1.807) is 28.4 Å². The van der Waals surface area contributed by atoms with Crippen molar-refractivity contribution in [1.82, 2.24) is 4.57 Å². The van der Waals surface area contributed by atoms with Gasteiger partial charge in [-0.2, -0.15) is 0 Å². The maximum Gasteiger partial charge on any atom is 0.119 e. The van der Waals surface area contributed by atoms with Crippen molar-refractivity contribution in [3.8, 4) is 50.9 Å². The molecule has 1 aliphatic heterocycles. The van der Waals surface area contributed by atoms with Gasteiger partial charge in [0.1, 0.15) is 23.0 Å². The molecular weight excluding hydrogens is 837 g/mol. The van der Waals surface area contributed by atoms with Gasteiger partial charge in [0.05, 0.1) is 39.5 Å². The molecule has 0 bridgehead atoms. The lowest BCUT2D eigenvalue weighted by Crippen LogP contribution is -2.19. The SMILES string of the molecule is COc1ccc2ccc3c(c2c1)-c1c(ccc2ccc(OC)cc12)N(c1ccc(-c2ccc(-n4c5ccc6ccc(OC)cc6c5c5c6cc(OC)ccc6ccc54)cc2C(C)C)c(C)c1)CC3. The Hall–Kier alpha value is -7.96. The van der Waals surface area contributed by atoms with E-state index in [0.717, 1.165) is 63.5 Å². The number of hydrogen-bond donors (Lipinski definition) is 0. The summed E-state index contributed by atoms with van der Waals surface area (Å²) in [4.78, 5) is 2.52. The lowest BCUT2D eigenvalue weighted by molar-refractivity contribution is 0.415. The molecule has 12 rings (SSSR count). The van der Waals surface area contributed by atoms with Gasteiger partial charge in [0.15, 0.2) is 0 Å². The topological polar surface area (TPSA) is 45.1 Å². The number of rotatable bonds is 8. The van der Waals surface area contributed by atoms with E-state index in [0.29, 0.717) is 0 Å². The molecule has 0 amide bonds. The third kappa shape index (κ3) is 6.45. The van der Waals surface area contributed by atoms with Crippen LogP contribution in [0.5, 0.6) is 23.0 Å². The molecule has 10 aromatic carbocycles. The highest BCUT2D eigenvalue weighted by Gasteiger charge is 2.27. The molecule has 0 spiro atoms. The van der Waals surface area contributed by atoms with Crippen LogP contribution in [-0.4, -0.2) is 39.6 Å². The van der Waals surface area contributed by atoms with Crippen LogP contribution in [-0.2, 0) is 6.42 Å². The summed E-state index contributed by atoms with van der Waals surface area (Å²) in [5.74, 6) is 3.64. The summed E-state index contributed by atoms with van der Waals surface area (Å²) in [5.41, 5.74) is 14.6. The summed E-state index contributed by atoms with van der Waals surface area (Å²) < 4.78 is 25.7. The number of fused-ring (bicyclic) bond motifs is 14. The maximum atomic E-state index is 5.83. The zero-order valence-corrected chi connectivity index (χ0v) is 39.5. The summed E-state index contributed by atoms with van der Waals surface area (Å²) in [5, 5.41) is 11.8. The Balaban J connectivity index is 1.01. The zero-order chi connectivity index (χ0) is 46.4. The molecule has 1 aliphatic rings. The van der Waals surface area contributed by atoms with Gasteiger partial charge < -0.3 is 28.4 Å². The van der Waals surface area contributed by atoms with E-state index in [1.807, 2.05) is 12.1 Å². The number of ether oxygens (including phenoxy) is 4. The van der Waals surface area contributed by atoms with Crippen LogP contribution in [0.3, 0.4) is 0 Å². The van der Waals surface area contributed by atoms with Crippen molar-refractivity contribution in [3.05, 3.63) is 174 Å². The monoisotopic (exact) mass is 888 g/mol. The zero-order valence-electron chi connectivity index (χ0n) is 39.5. The lowest BCUT2D eigenvalue weighted by Gasteiger charge is -2.27. The molecular formula is C62H52N2O4. The van der Waals surface area contributed by atoms with Crippen molar-refractivity contribution in [2.75, 3.05) is 39.9 Å². The third-order valence-electron chi connectivity index (χ3n) is 14.5. The predicted molar refractivity (Wildman–Crippen MR) is 284 cm³/mol. The minimum atomic E-state index is 0.266. The molecule has 6 nitrogen and oxygen atoms in total. The van der Waals surface area contributed by atoms with Crippen LogP contribution in [0.15, 0.2) is 158 Å². The van der Waals surface area contributed by atoms with Gasteiger partial charge in [-0.3, -0.25) is 0 Å². The van der Waals surface area contributed by atoms with Crippen LogP contribution in [0.1, 0.15) is 36.5 Å². The van der Waals surface area contributed by atoms with Gasteiger partial charge in [-0.05, 0) is 187 Å². The van der Waals surface area contributed by atoms with E-state index in [9.17, 15) is 0 Å². The molecule has 0 saturated carbocycles. The van der Waals surface area contributed by atoms with Gasteiger partial charge in [0.2, 0.25) is 0 Å². The Kier molecular flexibility index (Phi) is 9.84. The second-order valence-corrected chi connectivity index (χ2v) is 18.5. The van der Waals surface area contributed by atoms with Crippen molar-refractivity contribution in [2.45, 2.75) is 33.1 Å². The summed E-state index contributed by atoms with van der Waals surface area (Å²) in [6.45, 7) is 7.71. The Labute approximate surface area is 396 Å². The molecule has 0 N–H and O–H groups in total. The van der Waals surface area contributed by atoms with Gasteiger partial charge in [-0.15, -0.1) is 0 Å². The third-order valence-corrected chi connectivity index (χ3v) is 14.5. The van der Waals surface area contributed by atoms with Gasteiger partial charge in [0, 0.05) is 39.9 Å². The van der Waals surface area contributed by atoms with Crippen LogP contribution in [0.25, 0.3) is 92.8 Å². The number of anilines is 2. The van der Waals surface area contributed by atoms with E-state index in [2.05, 4.69) is 176 Å². The van der Waals surface area contributed by atoms with Crippen molar-refractivity contribution >= 4 is 76.3 Å². The van der Waals surface area contributed by atoms with Gasteiger partial charge in [-0.1, -0.05) is 80.6 Å². The molecule has 0 fully saturated rings. The summed E-state index contributed by atoms with van der Waals surface area (Å²) >= 11 is 0. The molecule has 0 atom stereocenters. The van der Waals surface area contributed by atoms with Crippen LogP contribution in [0.4, 0.5) is 11.4 Å². The van der Waals surface area contributed by atoms with E-state index < -0.39 is 0 Å². The highest BCUT2D eigenvalue weighted by molar-refractivity contribution is 6.29. The quantitative estimate of drug-likeness (QED) is 0.152. The fourth-order valence-electron chi connectivity index (χ4n) is 11.2. The van der Waals surface area contributed by atoms with E-state index in [1.165, 1.54) is 93.4 Å². The average molecular weight is 889 g/mol. The minimum Gasteiger partial charge on any atom is -0.497 e. The van der Waals surface area contributed by atoms with Crippen LogP contribution < -0.4 is 23.8 Å². The van der Waals surface area contributed by atoms with Crippen molar-refractivity contribution in [2.24, 2.45) is 0 Å². The Bertz CT molecular complexity index is 3760. The van der Waals surface area contributed by atoms with E-state index in [4.69, 9.17) is 18.9 Å². The average Bonchev–Trinajstić information content (AvgIpc) is 3.62. The molecule has 334 valence electrons. The largest absolute Gasteiger partial charge is 0.497 e. The smallest absolute Gasteiger partial charge is 0.119 e. The maximum absolute atomic E-state index is 5.83. The number of hydrogen-bond acceptors (Lipinski definition) is 5. The van der Waals surface area contributed by atoms with Crippen molar-refractivity contribution in [1.29, 1.82) is 0 Å². The van der Waals surface area contributed by atoms with Crippen LogP contribution >= 0.6 is 0 Å². The van der Waals surface area contributed by atoms with Crippen molar-refractivity contribution < 1.29 is 18.9 Å². The number of benzene rings is 10. The van der Waals surface area contributed by atoms with Gasteiger partial charge >= 0.3 is 0 Å². The lowest BCUT2D eigenvalue weighted by atomic mass is 9.88. The molecule has 0 aliphatic carbocycles.